The molecule has 2 aromatic heterocycles. The van der Waals surface area contributed by atoms with Crippen molar-refractivity contribution >= 4 is 38.9 Å². The SMILES string of the molecule is CC(C)(C)c1cc(N2C=C(c3ccccc3)N(c3[c-]c(Oc4[c-]c5c(cc4)c4cc(C(C)(C)c6ccccc6)ccc4n5-c4cc(C(C)(C)c5ccccc5)ccn4)cc(-c4ccccc4)c3)[CH-]2)cc(C(C)(C)C)c1.[Pt]. The molecule has 384 valence electrons. The summed E-state index contributed by atoms with van der Waals surface area (Å²) in [6.07, 6.45) is 4.18. The fraction of sp³-hybridized carbons (Fsp3) is 0.200. The molecule has 3 heterocycles. The second-order valence-corrected chi connectivity index (χ2v) is 23.2. The van der Waals surface area contributed by atoms with Crippen LogP contribution in [0.5, 0.6) is 11.5 Å². The van der Waals surface area contributed by atoms with Crippen LogP contribution in [0, 0.1) is 18.8 Å². The van der Waals surface area contributed by atoms with Crippen LogP contribution in [0.25, 0.3) is 44.4 Å². The van der Waals surface area contributed by atoms with Crippen molar-refractivity contribution in [1.82, 2.24) is 9.55 Å². The average molecular weight is 1170 g/mol. The van der Waals surface area contributed by atoms with Crippen molar-refractivity contribution in [3.05, 3.63) is 264 Å². The number of anilines is 2. The van der Waals surface area contributed by atoms with Crippen molar-refractivity contribution in [2.24, 2.45) is 0 Å². The van der Waals surface area contributed by atoms with Crippen LogP contribution in [-0.2, 0) is 42.7 Å². The second kappa shape index (κ2) is 20.2. The van der Waals surface area contributed by atoms with Gasteiger partial charge in [-0.2, -0.15) is 6.07 Å². The quantitative estimate of drug-likeness (QED) is 0.121. The largest absolute Gasteiger partial charge is 0.509 e. The first-order valence-electron chi connectivity index (χ1n) is 26.2. The van der Waals surface area contributed by atoms with Crippen molar-refractivity contribution in [1.29, 1.82) is 0 Å². The van der Waals surface area contributed by atoms with Gasteiger partial charge in [-0.25, -0.2) is 4.98 Å². The molecule has 0 aliphatic carbocycles. The Hall–Kier alpha value is -7.46. The first kappa shape index (κ1) is 52.0. The molecule has 10 aromatic rings. The number of benzene rings is 8. The van der Waals surface area contributed by atoms with Gasteiger partial charge in [-0.15, -0.1) is 53.6 Å². The maximum atomic E-state index is 7.05. The van der Waals surface area contributed by atoms with Gasteiger partial charge in [0.15, 0.2) is 0 Å². The molecule has 0 fully saturated rings. The molecule has 0 radical (unpaired) electrons. The third kappa shape index (κ3) is 10.1. The number of hydrogen-bond acceptors (Lipinski definition) is 4. The van der Waals surface area contributed by atoms with Gasteiger partial charge < -0.3 is 19.1 Å². The summed E-state index contributed by atoms with van der Waals surface area (Å²) in [5.74, 6) is 1.96. The molecule has 0 atom stereocenters. The molecule has 1 aliphatic rings. The van der Waals surface area contributed by atoms with Crippen molar-refractivity contribution in [2.45, 2.75) is 90.9 Å². The minimum Gasteiger partial charge on any atom is -0.509 e. The van der Waals surface area contributed by atoms with Crippen LogP contribution >= 0.6 is 0 Å². The van der Waals surface area contributed by atoms with E-state index in [2.05, 4.69) is 297 Å². The Morgan fingerprint density at radius 2 is 1.03 bits per heavy atom. The number of rotatable bonds is 11. The molecule has 0 bridgehead atoms. The first-order chi connectivity index (χ1) is 35.9. The Labute approximate surface area is 464 Å². The van der Waals surface area contributed by atoms with E-state index in [1.165, 1.54) is 33.4 Å². The van der Waals surface area contributed by atoms with Crippen LogP contribution in [-0.4, -0.2) is 9.55 Å². The molecular weight excluding hydrogens is 1110 g/mol. The molecule has 0 saturated heterocycles. The fourth-order valence-electron chi connectivity index (χ4n) is 10.4. The third-order valence-electron chi connectivity index (χ3n) is 15.3. The Bertz CT molecular complexity index is 3700. The molecular formula is C70H65N4OPt-3. The zero-order valence-electron chi connectivity index (χ0n) is 45.2. The smallest absolute Gasteiger partial charge is 0.135 e. The fourth-order valence-corrected chi connectivity index (χ4v) is 10.4. The van der Waals surface area contributed by atoms with Crippen molar-refractivity contribution < 1.29 is 25.8 Å². The van der Waals surface area contributed by atoms with Crippen molar-refractivity contribution in [2.75, 3.05) is 9.80 Å². The summed E-state index contributed by atoms with van der Waals surface area (Å²) in [5, 5.41) is 2.19. The second-order valence-electron chi connectivity index (χ2n) is 23.2. The summed E-state index contributed by atoms with van der Waals surface area (Å²) in [6, 6.07) is 76.9. The number of pyridine rings is 1. The Kier molecular flexibility index (Phi) is 13.9. The number of fused-ring (bicyclic) bond motifs is 3. The first-order valence-corrected chi connectivity index (χ1v) is 26.2. The molecule has 0 saturated carbocycles. The summed E-state index contributed by atoms with van der Waals surface area (Å²) < 4.78 is 9.30. The van der Waals surface area contributed by atoms with Gasteiger partial charge in [0.2, 0.25) is 0 Å². The van der Waals surface area contributed by atoms with E-state index in [9.17, 15) is 0 Å². The monoisotopic (exact) mass is 1170 g/mol. The molecule has 0 unspecified atom stereocenters. The molecule has 0 spiro atoms. The van der Waals surface area contributed by atoms with Crippen molar-refractivity contribution in [3.63, 3.8) is 0 Å². The third-order valence-corrected chi connectivity index (χ3v) is 15.3. The molecule has 11 rings (SSSR count). The Morgan fingerprint density at radius 1 is 0.461 bits per heavy atom. The summed E-state index contributed by atoms with van der Waals surface area (Å²) in [4.78, 5) is 9.59. The van der Waals surface area contributed by atoms with E-state index in [0.717, 1.165) is 61.4 Å². The van der Waals surface area contributed by atoms with Crippen LogP contribution in [0.15, 0.2) is 207 Å². The van der Waals surface area contributed by atoms with Gasteiger partial charge in [-0.3, -0.25) is 0 Å². The van der Waals surface area contributed by atoms with Crippen LogP contribution in [0.1, 0.15) is 108 Å². The van der Waals surface area contributed by atoms with Gasteiger partial charge in [0.05, 0.1) is 0 Å². The average Bonchev–Trinajstić information content (AvgIpc) is 4.08. The topological polar surface area (TPSA) is 33.5 Å². The van der Waals surface area contributed by atoms with E-state index in [4.69, 9.17) is 9.72 Å². The zero-order valence-corrected chi connectivity index (χ0v) is 47.5. The van der Waals surface area contributed by atoms with E-state index in [1.807, 2.05) is 12.3 Å². The Balaban J connectivity index is 0.00000657. The summed E-state index contributed by atoms with van der Waals surface area (Å²) in [6.45, 7) is 25.1. The number of ether oxygens (including phenoxy) is 1. The van der Waals surface area contributed by atoms with Crippen molar-refractivity contribution in [3.8, 4) is 28.4 Å². The van der Waals surface area contributed by atoms with E-state index < -0.39 is 0 Å². The number of hydrogen-bond donors (Lipinski definition) is 0. The van der Waals surface area contributed by atoms with Gasteiger partial charge in [0.1, 0.15) is 5.82 Å². The van der Waals surface area contributed by atoms with Crippen LogP contribution in [0.4, 0.5) is 11.4 Å². The van der Waals surface area contributed by atoms with Gasteiger partial charge in [0, 0.05) is 66.5 Å². The summed E-state index contributed by atoms with van der Waals surface area (Å²) in [5.41, 5.74) is 15.0. The predicted octanol–water partition coefficient (Wildman–Crippen LogP) is 17.9. The predicted molar refractivity (Wildman–Crippen MR) is 313 cm³/mol. The summed E-state index contributed by atoms with van der Waals surface area (Å²) in [7, 11) is 0. The minimum atomic E-state index is -0.273. The maximum absolute atomic E-state index is 7.05. The number of nitrogens with zero attached hydrogens (tertiary/aromatic N) is 4. The normalized spacial score (nSPS) is 13.3. The van der Waals surface area contributed by atoms with Crippen LogP contribution in [0.3, 0.4) is 0 Å². The van der Waals surface area contributed by atoms with Crippen LogP contribution in [0.2, 0.25) is 0 Å². The number of aromatic nitrogens is 2. The molecule has 6 heteroatoms. The van der Waals surface area contributed by atoms with E-state index in [0.29, 0.717) is 11.5 Å². The van der Waals surface area contributed by atoms with Gasteiger partial charge in [-0.1, -0.05) is 214 Å². The summed E-state index contributed by atoms with van der Waals surface area (Å²) >= 11 is 0. The molecule has 76 heavy (non-hydrogen) atoms. The molecule has 1 aliphatic heterocycles. The Morgan fingerprint density at radius 3 is 1.62 bits per heavy atom. The van der Waals surface area contributed by atoms with Gasteiger partial charge in [-0.05, 0) is 97.3 Å². The molecule has 0 N–H and O–H groups in total. The minimum absolute atomic E-state index is 0. The van der Waals surface area contributed by atoms with E-state index >= 15 is 0 Å². The van der Waals surface area contributed by atoms with E-state index in [-0.39, 0.29) is 42.7 Å². The molecule has 0 amide bonds. The standard InChI is InChI=1S/C70H65N4O.Pt/c1-67(2,3)55-39-56(68(4,5)6)41-57(40-55)72-46-65(49-25-17-12-18-26-49)73(47-72)58-37-50(48-23-15-11-16-24-48)38-60(44-58)75-59-32-33-61-62-42-53(69(7,8)51-27-19-13-20-28-51)31-34-63(62)74(64(61)45-59)66-43-54(35-36-71-66)70(9,10)52-29-21-14-22-30-52;/h11-43,46-47H,1-10H3;/q-3;. The zero-order chi connectivity index (χ0) is 52.3. The van der Waals surface area contributed by atoms with E-state index in [1.54, 1.807) is 0 Å². The molecule has 8 aromatic carbocycles. The van der Waals surface area contributed by atoms with Gasteiger partial charge >= 0.3 is 0 Å². The maximum Gasteiger partial charge on any atom is 0.135 e. The van der Waals surface area contributed by atoms with Crippen LogP contribution < -0.4 is 14.5 Å². The molecule has 5 nitrogen and oxygen atoms in total. The van der Waals surface area contributed by atoms with Gasteiger partial charge in [0.25, 0.3) is 0 Å².